The lowest BCUT2D eigenvalue weighted by atomic mass is 9.96. The van der Waals surface area contributed by atoms with Crippen LogP contribution >= 0.6 is 23.1 Å². The number of nitrogens with one attached hydrogen (secondary N) is 1. The number of halogens is 1. The van der Waals surface area contributed by atoms with Gasteiger partial charge in [-0.3, -0.25) is 4.79 Å². The quantitative estimate of drug-likeness (QED) is 0.593. The molecule has 2 heterocycles. The van der Waals surface area contributed by atoms with Gasteiger partial charge in [0.2, 0.25) is 11.0 Å². The predicted octanol–water partition coefficient (Wildman–Crippen LogP) is 4.88. The van der Waals surface area contributed by atoms with Crippen molar-refractivity contribution in [2.75, 3.05) is 18.0 Å². The van der Waals surface area contributed by atoms with Gasteiger partial charge in [0.05, 0.1) is 12.0 Å². The molecule has 1 aliphatic heterocycles. The van der Waals surface area contributed by atoms with E-state index in [4.69, 9.17) is 16.6 Å². The van der Waals surface area contributed by atoms with E-state index in [1.54, 1.807) is 0 Å². The first-order chi connectivity index (χ1) is 14.6. The highest BCUT2D eigenvalue weighted by molar-refractivity contribution is 7.09. The molecular formula is C23H25ClN4OS. The van der Waals surface area contributed by atoms with E-state index in [1.165, 1.54) is 11.5 Å². The summed E-state index contributed by atoms with van der Waals surface area (Å²) in [6, 6.07) is 17.8. The second-order valence-electron chi connectivity index (χ2n) is 7.72. The van der Waals surface area contributed by atoms with E-state index in [9.17, 15) is 4.79 Å². The van der Waals surface area contributed by atoms with E-state index in [1.807, 2.05) is 61.5 Å². The van der Waals surface area contributed by atoms with E-state index >= 15 is 0 Å². The number of benzene rings is 2. The number of amides is 1. The molecule has 156 valence electrons. The zero-order valence-electron chi connectivity index (χ0n) is 16.9. The maximum atomic E-state index is 12.9. The standard InChI is InChI=1S/C23H25ClN4OS/c1-16(18-6-3-2-4-7-18)25-22(29)19-8-5-13-28(15-19)23-26-21(27-30-23)14-17-9-11-20(24)12-10-17/h2-4,6-7,9-12,16,19H,5,8,13-15H2,1H3,(H,25,29). The van der Waals surface area contributed by atoms with Crippen LogP contribution in [0, 0.1) is 5.92 Å². The molecule has 5 nitrogen and oxygen atoms in total. The summed E-state index contributed by atoms with van der Waals surface area (Å²) in [6.45, 7) is 3.62. The number of nitrogens with zero attached hydrogens (tertiary/aromatic N) is 3. The summed E-state index contributed by atoms with van der Waals surface area (Å²) < 4.78 is 4.52. The Morgan fingerprint density at radius 3 is 2.77 bits per heavy atom. The van der Waals surface area contributed by atoms with Gasteiger partial charge in [-0.05, 0) is 43.0 Å². The Labute approximate surface area is 186 Å². The Hall–Kier alpha value is -2.44. The maximum absolute atomic E-state index is 12.9. The highest BCUT2D eigenvalue weighted by Crippen LogP contribution is 2.26. The molecule has 1 amide bonds. The fraction of sp³-hybridized carbons (Fsp3) is 0.348. The Morgan fingerprint density at radius 2 is 2.00 bits per heavy atom. The lowest BCUT2D eigenvalue weighted by Gasteiger charge is -2.32. The first kappa shape index (κ1) is 20.8. The maximum Gasteiger partial charge on any atom is 0.225 e. The predicted molar refractivity (Wildman–Crippen MR) is 122 cm³/mol. The van der Waals surface area contributed by atoms with Gasteiger partial charge in [0.1, 0.15) is 5.82 Å². The van der Waals surface area contributed by atoms with Crippen LogP contribution in [0.4, 0.5) is 5.13 Å². The molecule has 1 aliphatic rings. The molecule has 4 rings (SSSR count). The normalized spacial score (nSPS) is 17.5. The second-order valence-corrected chi connectivity index (χ2v) is 8.89. The summed E-state index contributed by atoms with van der Waals surface area (Å²) in [5.74, 6) is 0.886. The summed E-state index contributed by atoms with van der Waals surface area (Å²) in [5.41, 5.74) is 2.25. The first-order valence-corrected chi connectivity index (χ1v) is 11.4. The molecule has 3 aromatic rings. The highest BCUT2D eigenvalue weighted by Gasteiger charge is 2.28. The van der Waals surface area contributed by atoms with Crippen molar-refractivity contribution in [1.29, 1.82) is 0 Å². The van der Waals surface area contributed by atoms with Crippen molar-refractivity contribution in [1.82, 2.24) is 14.7 Å². The van der Waals surface area contributed by atoms with Crippen LogP contribution in [0.1, 0.15) is 42.8 Å². The monoisotopic (exact) mass is 440 g/mol. The third-order valence-electron chi connectivity index (χ3n) is 5.45. The molecule has 7 heteroatoms. The average molecular weight is 441 g/mol. The summed E-state index contributed by atoms with van der Waals surface area (Å²) >= 11 is 7.37. The molecule has 1 saturated heterocycles. The zero-order valence-corrected chi connectivity index (χ0v) is 18.5. The minimum atomic E-state index is -0.0338. The molecule has 1 N–H and O–H groups in total. The topological polar surface area (TPSA) is 58.1 Å². The van der Waals surface area contributed by atoms with E-state index in [0.29, 0.717) is 13.0 Å². The molecule has 0 bridgehead atoms. The number of carbonyl (C=O) groups is 1. The van der Waals surface area contributed by atoms with Gasteiger partial charge in [-0.15, -0.1) is 0 Å². The second kappa shape index (κ2) is 9.58. The minimum Gasteiger partial charge on any atom is -0.349 e. The van der Waals surface area contributed by atoms with Crippen LogP contribution < -0.4 is 10.2 Å². The van der Waals surface area contributed by atoms with Gasteiger partial charge in [-0.2, -0.15) is 4.37 Å². The number of piperidine rings is 1. The minimum absolute atomic E-state index is 0.00147. The number of hydrogen-bond donors (Lipinski definition) is 1. The Balaban J connectivity index is 1.36. The Bertz CT molecular complexity index is 976. The van der Waals surface area contributed by atoms with Crippen LogP contribution in [0.25, 0.3) is 0 Å². The van der Waals surface area contributed by atoms with Gasteiger partial charge < -0.3 is 10.2 Å². The zero-order chi connectivity index (χ0) is 20.9. The molecule has 30 heavy (non-hydrogen) atoms. The molecule has 0 aliphatic carbocycles. The van der Waals surface area contributed by atoms with Crippen molar-refractivity contribution >= 4 is 34.2 Å². The van der Waals surface area contributed by atoms with Gasteiger partial charge in [0.25, 0.3) is 0 Å². The molecule has 1 aromatic heterocycles. The molecule has 2 aromatic carbocycles. The third-order valence-corrected chi connectivity index (χ3v) is 6.52. The summed E-state index contributed by atoms with van der Waals surface area (Å²) in [5, 5.41) is 4.79. The van der Waals surface area contributed by atoms with Crippen LogP contribution in [-0.2, 0) is 11.2 Å². The van der Waals surface area contributed by atoms with Crippen molar-refractivity contribution in [3.8, 4) is 0 Å². The number of rotatable bonds is 6. The van der Waals surface area contributed by atoms with Gasteiger partial charge in [0, 0.05) is 36.1 Å². The van der Waals surface area contributed by atoms with Gasteiger partial charge >= 0.3 is 0 Å². The molecule has 2 atom stereocenters. The average Bonchev–Trinajstić information content (AvgIpc) is 3.24. The van der Waals surface area contributed by atoms with Crippen molar-refractivity contribution in [3.05, 3.63) is 76.6 Å². The SMILES string of the molecule is CC(NC(=O)C1CCCN(c2nc(Cc3ccc(Cl)cc3)ns2)C1)c1ccccc1. The van der Waals surface area contributed by atoms with E-state index in [-0.39, 0.29) is 17.9 Å². The number of anilines is 1. The summed E-state index contributed by atoms with van der Waals surface area (Å²) in [4.78, 5) is 19.8. The summed E-state index contributed by atoms with van der Waals surface area (Å²) in [7, 11) is 0. The Kier molecular flexibility index (Phi) is 6.65. The van der Waals surface area contributed by atoms with Gasteiger partial charge in [-0.1, -0.05) is 54.1 Å². The van der Waals surface area contributed by atoms with E-state index in [2.05, 4.69) is 14.6 Å². The lowest BCUT2D eigenvalue weighted by molar-refractivity contribution is -0.125. The van der Waals surface area contributed by atoms with Crippen LogP contribution in [0.2, 0.25) is 5.02 Å². The fourth-order valence-electron chi connectivity index (χ4n) is 3.75. The van der Waals surface area contributed by atoms with Crippen LogP contribution in [0.5, 0.6) is 0 Å². The third kappa shape index (κ3) is 5.18. The van der Waals surface area contributed by atoms with Gasteiger partial charge in [0.15, 0.2) is 0 Å². The molecule has 0 spiro atoms. The van der Waals surface area contributed by atoms with Crippen molar-refractivity contribution in [2.45, 2.75) is 32.2 Å². The van der Waals surface area contributed by atoms with Crippen molar-refractivity contribution < 1.29 is 4.79 Å². The number of aromatic nitrogens is 2. The van der Waals surface area contributed by atoms with Crippen LogP contribution in [0.3, 0.4) is 0 Å². The molecule has 1 fully saturated rings. The fourth-order valence-corrected chi connectivity index (χ4v) is 4.60. The van der Waals surface area contributed by atoms with E-state index < -0.39 is 0 Å². The molecule has 0 radical (unpaired) electrons. The molecule has 0 saturated carbocycles. The smallest absolute Gasteiger partial charge is 0.225 e. The van der Waals surface area contributed by atoms with E-state index in [0.717, 1.165) is 46.5 Å². The van der Waals surface area contributed by atoms with Crippen molar-refractivity contribution in [3.63, 3.8) is 0 Å². The van der Waals surface area contributed by atoms with Crippen LogP contribution in [-0.4, -0.2) is 28.4 Å². The van der Waals surface area contributed by atoms with Crippen LogP contribution in [0.15, 0.2) is 54.6 Å². The largest absolute Gasteiger partial charge is 0.349 e. The molecule has 2 unspecified atom stereocenters. The number of hydrogen-bond acceptors (Lipinski definition) is 5. The van der Waals surface area contributed by atoms with Gasteiger partial charge in [-0.25, -0.2) is 4.98 Å². The molecular weight excluding hydrogens is 416 g/mol. The summed E-state index contributed by atoms with van der Waals surface area (Å²) in [6.07, 6.45) is 2.56. The Morgan fingerprint density at radius 1 is 1.23 bits per heavy atom. The highest BCUT2D eigenvalue weighted by atomic mass is 35.5. The number of carbonyl (C=O) groups excluding carboxylic acids is 1. The first-order valence-electron chi connectivity index (χ1n) is 10.3. The van der Waals surface area contributed by atoms with Crippen molar-refractivity contribution in [2.24, 2.45) is 5.92 Å². The lowest BCUT2D eigenvalue weighted by Crippen LogP contribution is -2.43.